The van der Waals surface area contributed by atoms with E-state index in [1.54, 1.807) is 20.8 Å². The molecule has 0 saturated carbocycles. The zero-order valence-corrected chi connectivity index (χ0v) is 13.3. The zero-order chi connectivity index (χ0) is 16.4. The highest BCUT2D eigenvalue weighted by atomic mass is 16.6. The van der Waals surface area contributed by atoms with Crippen LogP contribution in [0.1, 0.15) is 32.8 Å². The van der Waals surface area contributed by atoms with E-state index in [1.807, 2.05) is 30.3 Å². The van der Waals surface area contributed by atoms with Crippen LogP contribution in [0.15, 0.2) is 30.3 Å². The van der Waals surface area contributed by atoms with Gasteiger partial charge in [0.15, 0.2) is 0 Å². The number of likely N-dealkylation sites (tertiary alicyclic amines) is 1. The number of nitrogens with zero attached hydrogens (tertiary/aromatic N) is 1. The fourth-order valence-corrected chi connectivity index (χ4v) is 2.74. The van der Waals surface area contributed by atoms with Crippen LogP contribution in [0.4, 0.5) is 4.79 Å². The van der Waals surface area contributed by atoms with E-state index in [-0.39, 0.29) is 6.54 Å². The molecule has 1 saturated heterocycles. The molecule has 0 radical (unpaired) electrons. The largest absolute Gasteiger partial charge is 0.481 e. The Balaban J connectivity index is 2.11. The monoisotopic (exact) mass is 305 g/mol. The maximum atomic E-state index is 12.1. The summed E-state index contributed by atoms with van der Waals surface area (Å²) in [6.45, 7) is 6.00. The molecule has 1 heterocycles. The van der Waals surface area contributed by atoms with Crippen molar-refractivity contribution in [2.24, 2.45) is 5.41 Å². The van der Waals surface area contributed by atoms with E-state index in [0.717, 1.165) is 5.56 Å². The average molecular weight is 305 g/mol. The molecule has 2 rings (SSSR count). The van der Waals surface area contributed by atoms with E-state index in [1.165, 1.54) is 4.90 Å². The normalized spacial score (nSPS) is 21.7. The number of ether oxygens (including phenoxy) is 1. The van der Waals surface area contributed by atoms with Gasteiger partial charge in [-0.25, -0.2) is 4.79 Å². The van der Waals surface area contributed by atoms with E-state index >= 15 is 0 Å². The summed E-state index contributed by atoms with van der Waals surface area (Å²) in [6, 6.07) is 9.52. The van der Waals surface area contributed by atoms with Crippen LogP contribution in [0.3, 0.4) is 0 Å². The van der Waals surface area contributed by atoms with Gasteiger partial charge in [0.1, 0.15) is 5.60 Å². The summed E-state index contributed by atoms with van der Waals surface area (Å²) in [6.07, 6.45) is 0.419. The molecule has 0 unspecified atom stereocenters. The van der Waals surface area contributed by atoms with Crippen molar-refractivity contribution in [2.75, 3.05) is 13.1 Å². The van der Waals surface area contributed by atoms with Crippen molar-refractivity contribution in [2.45, 2.75) is 39.2 Å². The molecule has 5 nitrogen and oxygen atoms in total. The summed E-state index contributed by atoms with van der Waals surface area (Å²) in [5.41, 5.74) is -0.542. The minimum Gasteiger partial charge on any atom is -0.481 e. The van der Waals surface area contributed by atoms with Gasteiger partial charge in [-0.05, 0) is 39.2 Å². The number of carboxylic acids is 1. The van der Waals surface area contributed by atoms with E-state index in [9.17, 15) is 14.7 Å². The fraction of sp³-hybridized carbons (Fsp3) is 0.529. The van der Waals surface area contributed by atoms with Crippen LogP contribution in [-0.2, 0) is 16.0 Å². The molecule has 1 amide bonds. The van der Waals surface area contributed by atoms with Crippen molar-refractivity contribution < 1.29 is 19.4 Å². The van der Waals surface area contributed by atoms with E-state index in [2.05, 4.69) is 0 Å². The Kier molecular flexibility index (Phi) is 4.44. The summed E-state index contributed by atoms with van der Waals surface area (Å²) >= 11 is 0. The third-order valence-corrected chi connectivity index (χ3v) is 3.84. The van der Waals surface area contributed by atoms with Gasteiger partial charge in [0.25, 0.3) is 0 Å². The van der Waals surface area contributed by atoms with Crippen LogP contribution in [0.25, 0.3) is 0 Å². The number of hydrogen-bond donors (Lipinski definition) is 1. The topological polar surface area (TPSA) is 66.8 Å². The van der Waals surface area contributed by atoms with Crippen LogP contribution >= 0.6 is 0 Å². The molecule has 1 aromatic carbocycles. The minimum atomic E-state index is -0.932. The van der Waals surface area contributed by atoms with Crippen molar-refractivity contribution >= 4 is 12.1 Å². The van der Waals surface area contributed by atoms with Gasteiger partial charge in [0.05, 0.1) is 5.41 Å². The van der Waals surface area contributed by atoms with Gasteiger partial charge < -0.3 is 14.7 Å². The van der Waals surface area contributed by atoms with E-state index in [0.29, 0.717) is 19.4 Å². The molecular weight excluding hydrogens is 282 g/mol. The van der Waals surface area contributed by atoms with Gasteiger partial charge in [-0.3, -0.25) is 4.79 Å². The van der Waals surface area contributed by atoms with Crippen LogP contribution in [0.2, 0.25) is 0 Å². The molecule has 0 bridgehead atoms. The van der Waals surface area contributed by atoms with Gasteiger partial charge >= 0.3 is 12.1 Å². The smallest absolute Gasteiger partial charge is 0.410 e. The lowest BCUT2D eigenvalue weighted by molar-refractivity contribution is -0.148. The Hall–Kier alpha value is -2.04. The number of aliphatic carboxylic acids is 1. The predicted molar refractivity (Wildman–Crippen MR) is 82.6 cm³/mol. The van der Waals surface area contributed by atoms with Crippen molar-refractivity contribution in [3.8, 4) is 0 Å². The van der Waals surface area contributed by atoms with Crippen molar-refractivity contribution in [3.05, 3.63) is 35.9 Å². The Morgan fingerprint density at radius 3 is 2.45 bits per heavy atom. The first-order chi connectivity index (χ1) is 10.2. The lowest BCUT2D eigenvalue weighted by atomic mass is 9.81. The van der Waals surface area contributed by atoms with Gasteiger partial charge in [0, 0.05) is 13.1 Å². The first-order valence-electron chi connectivity index (χ1n) is 7.47. The maximum absolute atomic E-state index is 12.1. The molecule has 0 aromatic heterocycles. The molecular formula is C17H23NO4. The molecule has 120 valence electrons. The summed E-state index contributed by atoms with van der Waals surface area (Å²) < 4.78 is 5.34. The summed E-state index contributed by atoms with van der Waals surface area (Å²) in [4.78, 5) is 25.4. The highest BCUT2D eigenvalue weighted by molar-refractivity contribution is 5.78. The fourth-order valence-electron chi connectivity index (χ4n) is 2.74. The number of carbonyl (C=O) groups excluding carboxylic acids is 1. The lowest BCUT2D eigenvalue weighted by Gasteiger charge is -2.27. The maximum Gasteiger partial charge on any atom is 0.410 e. The summed E-state index contributed by atoms with van der Waals surface area (Å²) in [5, 5.41) is 9.68. The molecule has 22 heavy (non-hydrogen) atoms. The molecule has 1 N–H and O–H groups in total. The van der Waals surface area contributed by atoms with Gasteiger partial charge in [0.2, 0.25) is 0 Å². The number of amides is 1. The number of rotatable bonds is 3. The SMILES string of the molecule is CC(C)(C)OC(=O)N1CC[C@](Cc2ccccc2)(C(=O)O)C1. The first-order valence-corrected chi connectivity index (χ1v) is 7.47. The number of hydrogen-bond acceptors (Lipinski definition) is 3. The average Bonchev–Trinajstić information content (AvgIpc) is 2.84. The third-order valence-electron chi connectivity index (χ3n) is 3.84. The molecule has 1 aromatic rings. The first kappa shape index (κ1) is 16.3. The second-order valence-corrected chi connectivity index (χ2v) is 6.90. The molecule has 1 aliphatic rings. The highest BCUT2D eigenvalue weighted by Crippen LogP contribution is 2.35. The molecule has 1 fully saturated rings. The zero-order valence-electron chi connectivity index (χ0n) is 13.3. The van der Waals surface area contributed by atoms with Gasteiger partial charge in [-0.2, -0.15) is 0 Å². The second-order valence-electron chi connectivity index (χ2n) is 6.90. The standard InChI is InChI=1S/C17H23NO4/c1-16(2,3)22-15(21)18-10-9-17(12-18,14(19)20)11-13-7-5-4-6-8-13/h4-8H,9-12H2,1-3H3,(H,19,20)/t17-/m1/s1. The predicted octanol–water partition coefficient (Wildman–Crippen LogP) is 2.94. The van der Waals surface area contributed by atoms with Gasteiger partial charge in [-0.15, -0.1) is 0 Å². The third kappa shape index (κ3) is 3.78. The van der Waals surface area contributed by atoms with Crippen molar-refractivity contribution in [1.82, 2.24) is 4.90 Å². The van der Waals surface area contributed by atoms with Crippen LogP contribution in [0.5, 0.6) is 0 Å². The molecule has 1 atom stereocenters. The molecule has 0 aliphatic carbocycles. The quantitative estimate of drug-likeness (QED) is 0.932. The van der Waals surface area contributed by atoms with E-state index in [4.69, 9.17) is 4.74 Å². The van der Waals surface area contributed by atoms with Crippen LogP contribution in [0, 0.1) is 5.41 Å². The number of carboxylic acid groups (broad SMARTS) is 1. The summed E-state index contributed by atoms with van der Waals surface area (Å²) in [7, 11) is 0. The molecule has 0 spiro atoms. The van der Waals surface area contributed by atoms with Crippen molar-refractivity contribution in [1.29, 1.82) is 0 Å². The highest BCUT2D eigenvalue weighted by Gasteiger charge is 2.47. The number of carbonyl (C=O) groups is 2. The Morgan fingerprint density at radius 1 is 1.27 bits per heavy atom. The Bertz CT molecular complexity index is 550. The van der Waals surface area contributed by atoms with Crippen LogP contribution < -0.4 is 0 Å². The second kappa shape index (κ2) is 5.99. The van der Waals surface area contributed by atoms with Crippen LogP contribution in [-0.4, -0.2) is 40.8 Å². The lowest BCUT2D eigenvalue weighted by Crippen LogP contribution is -2.40. The Morgan fingerprint density at radius 2 is 1.91 bits per heavy atom. The van der Waals surface area contributed by atoms with Crippen molar-refractivity contribution in [3.63, 3.8) is 0 Å². The Labute approximate surface area is 130 Å². The minimum absolute atomic E-state index is 0.187. The number of benzene rings is 1. The molecule has 5 heteroatoms. The molecule has 1 aliphatic heterocycles. The summed E-state index contributed by atoms with van der Waals surface area (Å²) in [5.74, 6) is -0.859. The van der Waals surface area contributed by atoms with Gasteiger partial charge in [-0.1, -0.05) is 30.3 Å². The van der Waals surface area contributed by atoms with E-state index < -0.39 is 23.1 Å².